The number of benzene rings is 2. The molecule has 2 heterocycles. The molecule has 268 valence electrons. The minimum Gasteiger partial charge on any atom is -0.493 e. The average Bonchev–Trinajstić information content (AvgIpc) is 3.22. The Morgan fingerprint density at radius 3 is 2.58 bits per heavy atom. The van der Waals surface area contributed by atoms with Crippen molar-refractivity contribution in [3.63, 3.8) is 0 Å². The van der Waals surface area contributed by atoms with Gasteiger partial charge < -0.3 is 29.4 Å². The monoisotopic (exact) mass is 702 g/mol. The van der Waals surface area contributed by atoms with Crippen molar-refractivity contribution < 1.29 is 28.8 Å². The molecular weight excluding hydrogens is 652 g/mol. The van der Waals surface area contributed by atoms with Crippen LogP contribution >= 0.6 is 11.6 Å². The van der Waals surface area contributed by atoms with Crippen molar-refractivity contribution in [1.82, 2.24) is 4.98 Å². The third-order valence-electron chi connectivity index (χ3n) is 12.1. The molecule has 0 saturated heterocycles. The van der Waals surface area contributed by atoms with E-state index < -0.39 is 11.6 Å². The lowest BCUT2D eigenvalue weighted by molar-refractivity contribution is -0.148. The number of halogens is 1. The summed E-state index contributed by atoms with van der Waals surface area (Å²) in [5, 5.41) is 14.4. The van der Waals surface area contributed by atoms with Gasteiger partial charge in [-0.15, -0.1) is 0 Å². The van der Waals surface area contributed by atoms with Crippen LogP contribution in [0.15, 0.2) is 48.7 Å². The molecule has 7 rings (SSSR count). The summed E-state index contributed by atoms with van der Waals surface area (Å²) in [6.07, 6.45) is 9.51. The van der Waals surface area contributed by atoms with Crippen molar-refractivity contribution in [3.05, 3.63) is 76.1 Å². The first-order valence-corrected chi connectivity index (χ1v) is 18.8. The van der Waals surface area contributed by atoms with E-state index in [1.54, 1.807) is 6.92 Å². The van der Waals surface area contributed by atoms with E-state index in [-0.39, 0.29) is 17.3 Å². The zero-order chi connectivity index (χ0) is 35.0. The maximum Gasteiger partial charge on any atom is 0.331 e. The van der Waals surface area contributed by atoms with E-state index in [0.717, 1.165) is 55.0 Å². The van der Waals surface area contributed by atoms with Gasteiger partial charge in [0.05, 0.1) is 39.0 Å². The predicted molar refractivity (Wildman–Crippen MR) is 195 cm³/mol. The average molecular weight is 703 g/mol. The molecule has 9 heteroatoms. The molecule has 1 aliphatic heterocycles. The summed E-state index contributed by atoms with van der Waals surface area (Å²) >= 11 is 6.34. The predicted octanol–water partition coefficient (Wildman–Crippen LogP) is 8.06. The molecule has 2 N–H and O–H groups in total. The molecule has 50 heavy (non-hydrogen) atoms. The highest BCUT2D eigenvalue weighted by Gasteiger charge is 2.55. The smallest absolute Gasteiger partial charge is 0.331 e. The van der Waals surface area contributed by atoms with Crippen molar-refractivity contribution in [2.24, 2.45) is 17.8 Å². The van der Waals surface area contributed by atoms with Crippen molar-refractivity contribution in [1.29, 1.82) is 0 Å². The Kier molecular flexibility index (Phi) is 9.97. The molecule has 3 aliphatic carbocycles. The highest BCUT2D eigenvalue weighted by atomic mass is 35.5. The number of carbonyl (C=O) groups excluding carboxylic acids is 1. The number of rotatable bonds is 9. The van der Waals surface area contributed by atoms with Crippen molar-refractivity contribution in [3.8, 4) is 17.2 Å². The number of nitrogens with one attached hydrogen (secondary N) is 1. The summed E-state index contributed by atoms with van der Waals surface area (Å²) in [6.45, 7) is 7.83. The molecule has 1 saturated carbocycles. The van der Waals surface area contributed by atoms with Gasteiger partial charge in [0.1, 0.15) is 11.3 Å². The third kappa shape index (κ3) is 6.66. The molecule has 2 aromatic carbocycles. The van der Waals surface area contributed by atoms with Crippen LogP contribution in [0.2, 0.25) is 5.02 Å². The number of aliphatic hydroxyl groups excluding tert-OH is 1. The van der Waals surface area contributed by atoms with E-state index >= 15 is 0 Å². The van der Waals surface area contributed by atoms with Crippen molar-refractivity contribution in [2.45, 2.75) is 102 Å². The topological polar surface area (TPSA) is 99.1 Å². The normalized spacial score (nSPS) is 28.2. The number of hydrogen-bond donors (Lipinski definition) is 2. The van der Waals surface area contributed by atoms with Gasteiger partial charge in [-0.05, 0) is 135 Å². The molecule has 3 aromatic rings. The number of methoxy groups -OCH3 is 1. The maximum absolute atomic E-state index is 13.6. The van der Waals surface area contributed by atoms with Gasteiger partial charge >= 0.3 is 5.97 Å². The molecule has 0 radical (unpaired) electrons. The lowest BCUT2D eigenvalue weighted by Crippen LogP contribution is -2.53. The summed E-state index contributed by atoms with van der Waals surface area (Å²) in [5.41, 5.74) is 4.84. The Labute approximate surface area is 301 Å². The van der Waals surface area contributed by atoms with Gasteiger partial charge in [0.2, 0.25) is 0 Å². The molecular formula is C41H51ClN2O6. The summed E-state index contributed by atoms with van der Waals surface area (Å²) in [7, 11) is 1.47. The Hall–Kier alpha value is -3.49. The largest absolute Gasteiger partial charge is 0.493 e. The van der Waals surface area contributed by atoms with E-state index in [1.807, 2.05) is 36.5 Å². The van der Waals surface area contributed by atoms with E-state index in [2.05, 4.69) is 36.3 Å². The second-order valence-corrected chi connectivity index (χ2v) is 15.9. The number of ether oxygens (including phenoxy) is 4. The van der Waals surface area contributed by atoms with E-state index in [4.69, 9.17) is 30.5 Å². The maximum atomic E-state index is 13.6. The van der Waals surface area contributed by atoms with Crippen LogP contribution in [-0.2, 0) is 27.8 Å². The summed E-state index contributed by atoms with van der Waals surface area (Å²) in [6, 6.07) is 14.0. The zero-order valence-corrected chi connectivity index (χ0v) is 30.6. The second kappa shape index (κ2) is 14.3. The molecule has 0 bridgehead atoms. The van der Waals surface area contributed by atoms with Crippen LogP contribution in [0.25, 0.3) is 0 Å². The lowest BCUT2D eigenvalue weighted by Gasteiger charge is -2.47. The van der Waals surface area contributed by atoms with Gasteiger partial charge in [-0.3, -0.25) is 4.98 Å². The number of fused-ring (bicyclic) bond motifs is 4. The van der Waals surface area contributed by atoms with E-state index in [1.165, 1.54) is 42.3 Å². The zero-order valence-electron chi connectivity index (χ0n) is 29.8. The van der Waals surface area contributed by atoms with Crippen LogP contribution in [0.5, 0.6) is 17.2 Å². The molecule has 1 fully saturated rings. The Bertz CT molecular complexity index is 1700. The number of anilines is 1. The van der Waals surface area contributed by atoms with Crippen molar-refractivity contribution >= 4 is 23.3 Å². The molecule has 0 amide bonds. The first-order chi connectivity index (χ1) is 24.1. The van der Waals surface area contributed by atoms with Crippen LogP contribution in [0.1, 0.15) is 94.0 Å². The Balaban J connectivity index is 1.16. The van der Waals surface area contributed by atoms with Gasteiger partial charge in [0, 0.05) is 28.2 Å². The van der Waals surface area contributed by atoms with Crippen molar-refractivity contribution in [2.75, 3.05) is 32.2 Å². The summed E-state index contributed by atoms with van der Waals surface area (Å²) < 4.78 is 24.6. The van der Waals surface area contributed by atoms with Gasteiger partial charge in [-0.25, -0.2) is 4.79 Å². The minimum atomic E-state index is -0.861. The quantitative estimate of drug-likeness (QED) is 0.216. The number of pyridine rings is 1. The Morgan fingerprint density at radius 2 is 1.86 bits per heavy atom. The summed E-state index contributed by atoms with van der Waals surface area (Å²) in [4.78, 5) is 18.2. The van der Waals surface area contributed by atoms with Crippen LogP contribution in [0.3, 0.4) is 0 Å². The second-order valence-electron chi connectivity index (χ2n) is 15.5. The number of carbonyl (C=O) groups is 1. The third-order valence-corrected chi connectivity index (χ3v) is 12.3. The highest BCUT2D eigenvalue weighted by Crippen LogP contribution is 2.58. The summed E-state index contributed by atoms with van der Waals surface area (Å²) in [5.74, 6) is 3.24. The van der Waals surface area contributed by atoms with Gasteiger partial charge in [0.25, 0.3) is 0 Å². The number of aliphatic hydroxyl groups is 1. The fourth-order valence-electron chi connectivity index (χ4n) is 9.24. The minimum absolute atomic E-state index is 0.0956. The van der Waals surface area contributed by atoms with Crippen LogP contribution in [0.4, 0.5) is 5.69 Å². The molecule has 4 aliphatic rings. The first kappa shape index (κ1) is 34.9. The standard InChI is InChI=1S/C41H51ClN2O6/c1-25(22-48-35-11-16-43-34-10-5-7-26(2)38(34)35)17-30-18-28-19-36-37(50-24-29(23-49-36)27(3)45)21-33(28)40(30)12-14-41(15-13-40,39(46)47-4)44-32-9-6-8-31(42)20-32/h6,8-9,11,16,19-21,25-27,29-30,44-45H,5,7,10,12-15,17-18,22-24H2,1-4H3/t25-,26-,27?,29?,30+,40?,41?/m1/s1. The number of esters is 1. The van der Waals surface area contributed by atoms with Gasteiger partial charge in [-0.2, -0.15) is 0 Å². The van der Waals surface area contributed by atoms with Gasteiger partial charge in [0.15, 0.2) is 11.5 Å². The van der Waals surface area contributed by atoms with Crippen LogP contribution in [-0.4, -0.2) is 54.6 Å². The van der Waals surface area contributed by atoms with Crippen LogP contribution in [0, 0.1) is 17.8 Å². The highest BCUT2D eigenvalue weighted by molar-refractivity contribution is 6.30. The van der Waals surface area contributed by atoms with Crippen LogP contribution < -0.4 is 19.5 Å². The molecule has 2 unspecified atom stereocenters. The number of aromatic nitrogens is 1. The Morgan fingerprint density at radius 1 is 1.10 bits per heavy atom. The first-order valence-electron chi connectivity index (χ1n) is 18.4. The SMILES string of the molecule is COC(=O)C1(Nc2cccc(Cl)c2)CCC2(CC1)c1cc3c(cc1C[C@@H]2C[C@@H](C)COc1ccnc2c1[C@H](C)CCC2)OCC(C(C)O)CO3. The fourth-order valence-corrected chi connectivity index (χ4v) is 9.43. The van der Waals surface area contributed by atoms with Gasteiger partial charge in [-0.1, -0.05) is 31.5 Å². The fraction of sp³-hybridized carbons (Fsp3) is 0.561. The van der Waals surface area contributed by atoms with E-state index in [9.17, 15) is 9.90 Å². The number of aryl methyl sites for hydroxylation is 1. The lowest BCUT2D eigenvalue weighted by atomic mass is 9.59. The number of hydrogen-bond acceptors (Lipinski definition) is 8. The molecule has 1 spiro atoms. The molecule has 8 nitrogen and oxygen atoms in total. The number of nitrogens with zero attached hydrogens (tertiary/aromatic N) is 1. The molecule has 5 atom stereocenters. The molecule has 1 aromatic heterocycles. The van der Waals surface area contributed by atoms with E-state index in [0.29, 0.717) is 55.4 Å².